The van der Waals surface area contributed by atoms with Crippen LogP contribution in [-0.2, 0) is 0 Å². The first-order chi connectivity index (χ1) is 8.61. The predicted octanol–water partition coefficient (Wildman–Crippen LogP) is 1.90. The van der Waals surface area contributed by atoms with Crippen molar-refractivity contribution >= 4 is 11.7 Å². The molecule has 0 aliphatic carbocycles. The number of carbonyl (C=O) groups is 1. The van der Waals surface area contributed by atoms with Crippen LogP contribution in [0.5, 0.6) is 0 Å². The van der Waals surface area contributed by atoms with Gasteiger partial charge in [-0.1, -0.05) is 12.1 Å². The number of nitriles is 1. The van der Waals surface area contributed by atoms with E-state index in [1.54, 1.807) is 30.3 Å². The molecule has 0 bridgehead atoms. The molecule has 1 heterocycles. The van der Waals surface area contributed by atoms with Crippen molar-refractivity contribution in [3.05, 3.63) is 47.7 Å². The third-order valence-corrected chi connectivity index (χ3v) is 2.42. The van der Waals surface area contributed by atoms with Crippen LogP contribution >= 0.6 is 0 Å². The van der Waals surface area contributed by atoms with E-state index in [1.165, 1.54) is 6.07 Å². The van der Waals surface area contributed by atoms with Crippen molar-refractivity contribution in [1.82, 2.24) is 4.98 Å². The van der Waals surface area contributed by atoms with Gasteiger partial charge in [-0.05, 0) is 24.3 Å². The number of hydrogen-bond acceptors (Lipinski definition) is 4. The van der Waals surface area contributed by atoms with Crippen molar-refractivity contribution < 1.29 is 9.90 Å². The fourth-order valence-electron chi connectivity index (χ4n) is 1.55. The quantitative estimate of drug-likeness (QED) is 0.833. The first kappa shape index (κ1) is 11.6. The summed E-state index contributed by atoms with van der Waals surface area (Å²) in [5.41, 5.74) is 7.09. The summed E-state index contributed by atoms with van der Waals surface area (Å²) in [6.45, 7) is 0. The Morgan fingerprint density at radius 1 is 1.33 bits per heavy atom. The summed E-state index contributed by atoms with van der Waals surface area (Å²) in [5.74, 6) is -1.18. The number of nitrogens with two attached hydrogens (primary N) is 1. The molecule has 0 atom stereocenters. The number of rotatable bonds is 2. The third kappa shape index (κ3) is 2.13. The Labute approximate surface area is 103 Å². The lowest BCUT2D eigenvalue weighted by Crippen LogP contribution is -2.06. The molecule has 0 saturated heterocycles. The molecule has 1 aromatic carbocycles. The van der Waals surface area contributed by atoms with Gasteiger partial charge in [0.25, 0.3) is 0 Å². The number of anilines is 1. The number of aromatic nitrogens is 1. The van der Waals surface area contributed by atoms with E-state index in [0.29, 0.717) is 16.8 Å². The monoisotopic (exact) mass is 239 g/mol. The highest BCUT2D eigenvalue weighted by atomic mass is 16.4. The van der Waals surface area contributed by atoms with Crippen LogP contribution in [0.1, 0.15) is 16.1 Å². The molecule has 2 aromatic rings. The molecular weight excluding hydrogens is 230 g/mol. The van der Waals surface area contributed by atoms with E-state index in [4.69, 9.17) is 16.1 Å². The maximum absolute atomic E-state index is 10.9. The number of carboxylic acid groups (broad SMARTS) is 1. The summed E-state index contributed by atoms with van der Waals surface area (Å²) in [6.07, 6.45) is 0. The Morgan fingerprint density at radius 3 is 2.78 bits per heavy atom. The topological polar surface area (TPSA) is 100 Å². The maximum Gasteiger partial charge on any atom is 0.356 e. The molecule has 0 aliphatic heterocycles. The summed E-state index contributed by atoms with van der Waals surface area (Å²) >= 11 is 0. The van der Waals surface area contributed by atoms with Crippen LogP contribution in [0.2, 0.25) is 0 Å². The number of aromatic carboxylic acids is 1. The van der Waals surface area contributed by atoms with Crippen LogP contribution in [0.25, 0.3) is 11.3 Å². The zero-order valence-electron chi connectivity index (χ0n) is 9.29. The molecule has 0 unspecified atom stereocenters. The summed E-state index contributed by atoms with van der Waals surface area (Å²) in [4.78, 5) is 14.9. The van der Waals surface area contributed by atoms with Crippen LogP contribution in [0.15, 0.2) is 36.4 Å². The van der Waals surface area contributed by atoms with Gasteiger partial charge in [-0.15, -0.1) is 0 Å². The highest BCUT2D eigenvalue weighted by Crippen LogP contribution is 2.21. The number of hydrogen-bond donors (Lipinski definition) is 2. The van der Waals surface area contributed by atoms with E-state index in [-0.39, 0.29) is 11.4 Å². The lowest BCUT2D eigenvalue weighted by atomic mass is 10.1. The molecule has 2 rings (SSSR count). The summed E-state index contributed by atoms with van der Waals surface area (Å²) in [6, 6.07) is 11.9. The van der Waals surface area contributed by atoms with Gasteiger partial charge in [0.1, 0.15) is 0 Å². The Bertz CT molecular complexity index is 660. The summed E-state index contributed by atoms with van der Waals surface area (Å²) in [7, 11) is 0. The lowest BCUT2D eigenvalue weighted by molar-refractivity contribution is 0.0692. The van der Waals surface area contributed by atoms with E-state index >= 15 is 0 Å². The number of benzene rings is 1. The Hall–Kier alpha value is -2.87. The first-order valence-corrected chi connectivity index (χ1v) is 5.12. The van der Waals surface area contributed by atoms with Gasteiger partial charge >= 0.3 is 5.97 Å². The first-order valence-electron chi connectivity index (χ1n) is 5.12. The number of nitrogens with zero attached hydrogens (tertiary/aromatic N) is 2. The van der Waals surface area contributed by atoms with Gasteiger partial charge < -0.3 is 10.8 Å². The number of nitrogen functional groups attached to an aromatic ring is 1. The van der Waals surface area contributed by atoms with Crippen LogP contribution in [0, 0.1) is 11.3 Å². The van der Waals surface area contributed by atoms with E-state index in [1.807, 2.05) is 6.07 Å². The largest absolute Gasteiger partial charge is 0.476 e. The SMILES string of the molecule is N#Cc1cccc(-c2ccc(N)c(C(=O)O)n2)c1. The summed E-state index contributed by atoms with van der Waals surface area (Å²) < 4.78 is 0. The van der Waals surface area contributed by atoms with Crippen molar-refractivity contribution in [3.63, 3.8) is 0 Å². The van der Waals surface area contributed by atoms with Crippen LogP contribution < -0.4 is 5.73 Å². The number of pyridine rings is 1. The van der Waals surface area contributed by atoms with E-state index < -0.39 is 5.97 Å². The smallest absolute Gasteiger partial charge is 0.356 e. The minimum Gasteiger partial charge on any atom is -0.476 e. The average Bonchev–Trinajstić information content (AvgIpc) is 2.39. The minimum atomic E-state index is -1.18. The van der Waals surface area contributed by atoms with Gasteiger partial charge in [-0.25, -0.2) is 9.78 Å². The van der Waals surface area contributed by atoms with E-state index in [2.05, 4.69) is 4.98 Å². The Morgan fingerprint density at radius 2 is 2.11 bits per heavy atom. The molecule has 0 saturated carbocycles. The second kappa shape index (κ2) is 4.55. The van der Waals surface area contributed by atoms with Crippen molar-refractivity contribution in [2.45, 2.75) is 0 Å². The van der Waals surface area contributed by atoms with Crippen LogP contribution in [-0.4, -0.2) is 16.1 Å². The molecule has 18 heavy (non-hydrogen) atoms. The Kier molecular flexibility index (Phi) is 2.94. The van der Waals surface area contributed by atoms with Gasteiger partial charge in [-0.3, -0.25) is 0 Å². The molecule has 0 amide bonds. The molecule has 88 valence electrons. The highest BCUT2D eigenvalue weighted by molar-refractivity contribution is 5.92. The van der Waals surface area contributed by atoms with Crippen LogP contribution in [0.3, 0.4) is 0 Å². The van der Waals surface area contributed by atoms with Crippen molar-refractivity contribution in [1.29, 1.82) is 5.26 Å². The molecule has 5 heteroatoms. The van der Waals surface area contributed by atoms with Crippen molar-refractivity contribution in [2.75, 3.05) is 5.73 Å². The molecule has 0 aliphatic rings. The van der Waals surface area contributed by atoms with Crippen molar-refractivity contribution in [3.8, 4) is 17.3 Å². The maximum atomic E-state index is 10.9. The standard InChI is InChI=1S/C13H9N3O2/c14-7-8-2-1-3-9(6-8)11-5-4-10(15)12(16-11)13(17)18/h1-6H,15H2,(H,17,18). The second-order valence-corrected chi connectivity index (χ2v) is 3.63. The zero-order chi connectivity index (χ0) is 13.1. The van der Waals surface area contributed by atoms with Crippen molar-refractivity contribution in [2.24, 2.45) is 0 Å². The van der Waals surface area contributed by atoms with E-state index in [0.717, 1.165) is 0 Å². The normalized spacial score (nSPS) is 9.72. The molecule has 5 nitrogen and oxygen atoms in total. The van der Waals surface area contributed by atoms with Gasteiger partial charge in [0.2, 0.25) is 0 Å². The lowest BCUT2D eigenvalue weighted by Gasteiger charge is -2.04. The molecular formula is C13H9N3O2. The fraction of sp³-hybridized carbons (Fsp3) is 0. The number of carboxylic acids is 1. The molecule has 0 fully saturated rings. The van der Waals surface area contributed by atoms with Gasteiger partial charge in [0, 0.05) is 5.56 Å². The zero-order valence-corrected chi connectivity index (χ0v) is 9.29. The Balaban J connectivity index is 2.54. The highest BCUT2D eigenvalue weighted by Gasteiger charge is 2.11. The van der Waals surface area contributed by atoms with Gasteiger partial charge in [0.05, 0.1) is 23.0 Å². The predicted molar refractivity (Wildman–Crippen MR) is 65.8 cm³/mol. The third-order valence-electron chi connectivity index (χ3n) is 2.42. The fourth-order valence-corrected chi connectivity index (χ4v) is 1.55. The molecule has 1 aromatic heterocycles. The molecule has 0 radical (unpaired) electrons. The molecule has 3 N–H and O–H groups in total. The minimum absolute atomic E-state index is 0.114. The van der Waals surface area contributed by atoms with Crippen LogP contribution in [0.4, 0.5) is 5.69 Å². The van der Waals surface area contributed by atoms with Gasteiger partial charge in [-0.2, -0.15) is 5.26 Å². The van der Waals surface area contributed by atoms with Gasteiger partial charge in [0.15, 0.2) is 5.69 Å². The average molecular weight is 239 g/mol. The van der Waals surface area contributed by atoms with E-state index in [9.17, 15) is 4.79 Å². The summed E-state index contributed by atoms with van der Waals surface area (Å²) in [5, 5.41) is 17.8. The molecule has 0 spiro atoms. The second-order valence-electron chi connectivity index (χ2n) is 3.63.